The van der Waals surface area contributed by atoms with Crippen LogP contribution in [-0.2, 0) is 20.8 Å². The molecule has 27 heavy (non-hydrogen) atoms. The standard InChI is InChI=1S/C21H33N3O3/c1-3-4-5-6-10-13-19(25)24-18(16-20(26)22-2)21(27)23-15-14-17-11-8-7-9-12-17/h7-9,11-12,18H,3-6,10,13-16H2,1-2H3,(H,22,26)(H,23,27)(H,24,25)/t18-/m1/s1. The van der Waals surface area contributed by atoms with Crippen LogP contribution in [0.15, 0.2) is 30.3 Å². The molecule has 0 saturated heterocycles. The van der Waals surface area contributed by atoms with E-state index in [1.807, 2.05) is 30.3 Å². The van der Waals surface area contributed by atoms with Gasteiger partial charge in [-0.1, -0.05) is 62.9 Å². The molecule has 1 atom stereocenters. The van der Waals surface area contributed by atoms with E-state index < -0.39 is 6.04 Å². The Hall–Kier alpha value is -2.37. The third-order valence-electron chi connectivity index (χ3n) is 4.38. The topological polar surface area (TPSA) is 87.3 Å². The molecule has 0 bridgehead atoms. The Balaban J connectivity index is 2.45. The summed E-state index contributed by atoms with van der Waals surface area (Å²) in [6, 6.07) is 8.99. The molecule has 0 aliphatic heterocycles. The van der Waals surface area contributed by atoms with Crippen LogP contribution >= 0.6 is 0 Å². The number of rotatable bonds is 13. The largest absolute Gasteiger partial charge is 0.359 e. The molecular formula is C21H33N3O3. The number of benzene rings is 1. The highest BCUT2D eigenvalue weighted by molar-refractivity contribution is 5.91. The Bertz CT molecular complexity index is 575. The van der Waals surface area contributed by atoms with Crippen LogP contribution in [-0.4, -0.2) is 37.4 Å². The first-order valence-electron chi connectivity index (χ1n) is 9.88. The summed E-state index contributed by atoms with van der Waals surface area (Å²) in [7, 11) is 1.52. The van der Waals surface area contributed by atoms with E-state index in [2.05, 4.69) is 22.9 Å². The molecule has 0 radical (unpaired) electrons. The number of amides is 3. The maximum Gasteiger partial charge on any atom is 0.243 e. The average molecular weight is 376 g/mol. The Morgan fingerprint density at radius 2 is 1.67 bits per heavy atom. The molecule has 0 fully saturated rings. The minimum absolute atomic E-state index is 0.0603. The van der Waals surface area contributed by atoms with Crippen molar-refractivity contribution >= 4 is 17.7 Å². The summed E-state index contributed by atoms with van der Waals surface area (Å²) in [6.07, 6.45) is 6.27. The number of hydrogen-bond donors (Lipinski definition) is 3. The predicted molar refractivity (Wildman–Crippen MR) is 107 cm³/mol. The van der Waals surface area contributed by atoms with Crippen molar-refractivity contribution in [3.8, 4) is 0 Å². The van der Waals surface area contributed by atoms with Crippen LogP contribution in [0.3, 0.4) is 0 Å². The highest BCUT2D eigenvalue weighted by Crippen LogP contribution is 2.05. The quantitative estimate of drug-likeness (QED) is 0.463. The van der Waals surface area contributed by atoms with Gasteiger partial charge in [-0.2, -0.15) is 0 Å². The summed E-state index contributed by atoms with van der Waals surface area (Å²) in [5.74, 6) is -0.783. The van der Waals surface area contributed by atoms with Crippen LogP contribution in [0.4, 0.5) is 0 Å². The van der Waals surface area contributed by atoms with Gasteiger partial charge >= 0.3 is 0 Å². The van der Waals surface area contributed by atoms with E-state index in [0.717, 1.165) is 31.2 Å². The maximum atomic E-state index is 12.4. The van der Waals surface area contributed by atoms with Gasteiger partial charge in [-0.15, -0.1) is 0 Å². The summed E-state index contributed by atoms with van der Waals surface area (Å²) in [5, 5.41) is 8.03. The molecule has 1 aromatic carbocycles. The van der Waals surface area contributed by atoms with E-state index in [-0.39, 0.29) is 24.1 Å². The van der Waals surface area contributed by atoms with Gasteiger partial charge in [0.2, 0.25) is 17.7 Å². The van der Waals surface area contributed by atoms with Gasteiger partial charge in [-0.3, -0.25) is 14.4 Å². The number of unbranched alkanes of at least 4 members (excludes halogenated alkanes) is 4. The maximum absolute atomic E-state index is 12.4. The monoisotopic (exact) mass is 375 g/mol. The number of hydrogen-bond acceptors (Lipinski definition) is 3. The first-order chi connectivity index (χ1) is 13.1. The SMILES string of the molecule is CCCCCCCC(=O)N[C@H](CC(=O)NC)C(=O)NCCc1ccccc1. The van der Waals surface area contributed by atoms with E-state index in [1.54, 1.807) is 0 Å². The Labute approximate surface area is 162 Å². The average Bonchev–Trinajstić information content (AvgIpc) is 2.67. The second-order valence-corrected chi connectivity index (χ2v) is 6.69. The molecule has 6 heteroatoms. The highest BCUT2D eigenvalue weighted by atomic mass is 16.2. The second-order valence-electron chi connectivity index (χ2n) is 6.69. The Kier molecular flexibility index (Phi) is 11.6. The van der Waals surface area contributed by atoms with Crippen LogP contribution in [0.25, 0.3) is 0 Å². The van der Waals surface area contributed by atoms with Gasteiger partial charge in [0.25, 0.3) is 0 Å². The number of carbonyl (C=O) groups excluding carboxylic acids is 3. The molecule has 0 aromatic heterocycles. The minimum Gasteiger partial charge on any atom is -0.359 e. The first-order valence-corrected chi connectivity index (χ1v) is 9.88. The van der Waals surface area contributed by atoms with Crippen LogP contribution < -0.4 is 16.0 Å². The van der Waals surface area contributed by atoms with Crippen molar-refractivity contribution in [1.82, 2.24) is 16.0 Å². The van der Waals surface area contributed by atoms with Gasteiger partial charge < -0.3 is 16.0 Å². The molecule has 0 saturated carbocycles. The third kappa shape index (κ3) is 10.4. The van der Waals surface area contributed by atoms with E-state index >= 15 is 0 Å². The lowest BCUT2D eigenvalue weighted by Crippen LogP contribution is -2.49. The summed E-state index contributed by atoms with van der Waals surface area (Å²) in [6.45, 7) is 2.60. The highest BCUT2D eigenvalue weighted by Gasteiger charge is 2.23. The van der Waals surface area contributed by atoms with Crippen molar-refractivity contribution < 1.29 is 14.4 Å². The molecular weight excluding hydrogens is 342 g/mol. The number of carbonyl (C=O) groups is 3. The molecule has 0 unspecified atom stereocenters. The van der Waals surface area contributed by atoms with E-state index in [4.69, 9.17) is 0 Å². The van der Waals surface area contributed by atoms with Gasteiger partial charge in [0.1, 0.15) is 6.04 Å². The van der Waals surface area contributed by atoms with Crippen molar-refractivity contribution in [2.45, 2.75) is 64.3 Å². The van der Waals surface area contributed by atoms with E-state index in [1.165, 1.54) is 13.5 Å². The van der Waals surface area contributed by atoms with Crippen LogP contribution in [0, 0.1) is 0 Å². The fourth-order valence-corrected chi connectivity index (χ4v) is 2.75. The third-order valence-corrected chi connectivity index (χ3v) is 4.38. The summed E-state index contributed by atoms with van der Waals surface area (Å²) in [5.41, 5.74) is 1.12. The van der Waals surface area contributed by atoms with Gasteiger partial charge in [-0.25, -0.2) is 0 Å². The van der Waals surface area contributed by atoms with Crippen molar-refractivity contribution in [1.29, 1.82) is 0 Å². The fraction of sp³-hybridized carbons (Fsp3) is 0.571. The summed E-state index contributed by atoms with van der Waals surface area (Å²) >= 11 is 0. The zero-order valence-electron chi connectivity index (χ0n) is 16.6. The summed E-state index contributed by atoms with van der Waals surface area (Å²) in [4.78, 5) is 36.3. The molecule has 1 aromatic rings. The van der Waals surface area contributed by atoms with Gasteiger partial charge in [0, 0.05) is 20.0 Å². The lowest BCUT2D eigenvalue weighted by atomic mass is 10.1. The van der Waals surface area contributed by atoms with Crippen LogP contribution in [0.1, 0.15) is 57.4 Å². The molecule has 1 rings (SSSR count). The smallest absolute Gasteiger partial charge is 0.243 e. The van der Waals surface area contributed by atoms with Crippen molar-refractivity contribution in [2.24, 2.45) is 0 Å². The Morgan fingerprint density at radius 1 is 0.963 bits per heavy atom. The van der Waals surface area contributed by atoms with Gasteiger partial charge in [0.15, 0.2) is 0 Å². The molecule has 150 valence electrons. The Morgan fingerprint density at radius 3 is 2.33 bits per heavy atom. The first kappa shape index (κ1) is 22.7. The minimum atomic E-state index is -0.844. The molecule has 0 aliphatic rings. The molecule has 3 N–H and O–H groups in total. The molecule has 0 spiro atoms. The zero-order chi connectivity index (χ0) is 19.9. The van der Waals surface area contributed by atoms with Gasteiger partial charge in [-0.05, 0) is 18.4 Å². The van der Waals surface area contributed by atoms with Gasteiger partial charge in [0.05, 0.1) is 6.42 Å². The molecule has 0 heterocycles. The van der Waals surface area contributed by atoms with E-state index in [0.29, 0.717) is 19.4 Å². The second kappa shape index (κ2) is 13.8. The van der Waals surface area contributed by atoms with Crippen LogP contribution in [0.2, 0.25) is 0 Å². The zero-order valence-corrected chi connectivity index (χ0v) is 16.6. The number of nitrogens with one attached hydrogen (secondary N) is 3. The van der Waals surface area contributed by atoms with Crippen molar-refractivity contribution in [2.75, 3.05) is 13.6 Å². The molecule has 6 nitrogen and oxygen atoms in total. The normalized spacial score (nSPS) is 11.5. The van der Waals surface area contributed by atoms with Crippen LogP contribution in [0.5, 0.6) is 0 Å². The fourth-order valence-electron chi connectivity index (χ4n) is 2.75. The lowest BCUT2D eigenvalue weighted by Gasteiger charge is -2.18. The predicted octanol–water partition coefficient (Wildman–Crippen LogP) is 2.33. The molecule has 0 aliphatic carbocycles. The van der Waals surface area contributed by atoms with Crippen molar-refractivity contribution in [3.05, 3.63) is 35.9 Å². The molecule has 3 amide bonds. The van der Waals surface area contributed by atoms with Crippen molar-refractivity contribution in [3.63, 3.8) is 0 Å². The lowest BCUT2D eigenvalue weighted by molar-refractivity contribution is -0.131. The van der Waals surface area contributed by atoms with E-state index in [9.17, 15) is 14.4 Å². The summed E-state index contributed by atoms with van der Waals surface area (Å²) < 4.78 is 0.